The fourth-order valence-corrected chi connectivity index (χ4v) is 2.82. The molecule has 0 amide bonds. The van der Waals surface area contributed by atoms with E-state index in [9.17, 15) is 0 Å². The van der Waals surface area contributed by atoms with Crippen LogP contribution in [0.4, 0.5) is 0 Å². The van der Waals surface area contributed by atoms with E-state index in [1.807, 2.05) is 0 Å². The van der Waals surface area contributed by atoms with Crippen molar-refractivity contribution >= 4 is 0 Å². The highest BCUT2D eigenvalue weighted by Crippen LogP contribution is 2.43. The average Bonchev–Trinajstić information content (AvgIpc) is 2.66. The molecule has 3 unspecified atom stereocenters. The van der Waals surface area contributed by atoms with Gasteiger partial charge >= 0.3 is 0 Å². The van der Waals surface area contributed by atoms with Crippen LogP contribution in [-0.4, -0.2) is 41.4 Å². The number of quaternary nitrogens is 1. The minimum Gasteiger partial charge on any atom is -0.391 e. The molecule has 2 nitrogen and oxygen atoms in total. The van der Waals surface area contributed by atoms with Crippen molar-refractivity contribution in [3.8, 4) is 0 Å². The van der Waals surface area contributed by atoms with Gasteiger partial charge in [0.1, 0.15) is 19.1 Å². The van der Waals surface area contributed by atoms with Crippen LogP contribution >= 0.6 is 0 Å². The molecule has 0 spiro atoms. The maximum Gasteiger partial charge on any atom is 0.139 e. The second-order valence-corrected chi connectivity index (χ2v) is 4.17. The topological polar surface area (TPSA) is 20.2 Å². The van der Waals surface area contributed by atoms with Crippen molar-refractivity contribution in [1.29, 1.82) is 0 Å². The van der Waals surface area contributed by atoms with Crippen LogP contribution in [-0.2, 0) is 0 Å². The lowest BCUT2D eigenvalue weighted by atomic mass is 10.0. The van der Waals surface area contributed by atoms with Crippen LogP contribution in [0.5, 0.6) is 0 Å². The summed E-state index contributed by atoms with van der Waals surface area (Å²) in [6, 6.07) is 1.74. The van der Waals surface area contributed by atoms with Gasteiger partial charge in [-0.25, -0.2) is 0 Å². The van der Waals surface area contributed by atoms with Crippen LogP contribution in [0.1, 0.15) is 26.2 Å². The predicted octanol–water partition coefficient (Wildman–Crippen LogP) is 0.750. The Bertz CT molecular complexity index is 160. The first-order valence-corrected chi connectivity index (χ1v) is 4.77. The molecule has 0 aromatic heterocycles. The van der Waals surface area contributed by atoms with E-state index in [2.05, 4.69) is 6.92 Å². The van der Waals surface area contributed by atoms with E-state index in [1.54, 1.807) is 0 Å². The minimum atomic E-state index is 0.376. The smallest absolute Gasteiger partial charge is 0.139 e. The highest BCUT2D eigenvalue weighted by molar-refractivity contribution is 4.82. The Hall–Kier alpha value is -0.0800. The summed E-state index contributed by atoms with van der Waals surface area (Å²) < 4.78 is 1.25. The molecule has 2 fully saturated rings. The van der Waals surface area contributed by atoms with Crippen molar-refractivity contribution in [1.82, 2.24) is 0 Å². The van der Waals surface area contributed by atoms with E-state index < -0.39 is 0 Å². The Labute approximate surface area is 68.4 Å². The van der Waals surface area contributed by atoms with Crippen molar-refractivity contribution < 1.29 is 9.59 Å². The molecule has 2 heterocycles. The highest BCUT2D eigenvalue weighted by Gasteiger charge is 2.58. The van der Waals surface area contributed by atoms with Crippen molar-refractivity contribution in [3.05, 3.63) is 0 Å². The first-order valence-electron chi connectivity index (χ1n) is 4.77. The summed E-state index contributed by atoms with van der Waals surface area (Å²) in [7, 11) is 0. The maximum absolute atomic E-state index is 8.91. The van der Waals surface area contributed by atoms with E-state index >= 15 is 0 Å². The van der Waals surface area contributed by atoms with Gasteiger partial charge in [-0.05, 0) is 19.8 Å². The molecular formula is C9H18NO+. The molecule has 0 bridgehead atoms. The van der Waals surface area contributed by atoms with Crippen molar-refractivity contribution in [2.75, 3.05) is 19.7 Å². The SMILES string of the molecule is CC1CCCC2C[N+]12CCO. The maximum atomic E-state index is 8.91. The van der Waals surface area contributed by atoms with E-state index in [0.717, 1.165) is 18.6 Å². The molecule has 2 aliphatic heterocycles. The summed E-state index contributed by atoms with van der Waals surface area (Å²) in [5.74, 6) is 0. The number of piperidine rings is 1. The molecule has 3 atom stereocenters. The number of aliphatic hydroxyl groups is 1. The molecule has 11 heavy (non-hydrogen) atoms. The molecule has 0 aromatic rings. The number of nitrogens with zero attached hydrogens (tertiary/aromatic N) is 1. The summed E-state index contributed by atoms with van der Waals surface area (Å²) in [5.41, 5.74) is 0. The number of fused-ring (bicyclic) bond motifs is 1. The van der Waals surface area contributed by atoms with Crippen molar-refractivity contribution in [2.45, 2.75) is 38.3 Å². The van der Waals surface area contributed by atoms with Gasteiger partial charge in [0, 0.05) is 6.42 Å². The summed E-state index contributed by atoms with van der Waals surface area (Å²) in [6.45, 7) is 5.07. The van der Waals surface area contributed by atoms with Gasteiger partial charge < -0.3 is 9.59 Å². The molecule has 1 N–H and O–H groups in total. The van der Waals surface area contributed by atoms with Gasteiger partial charge in [0.05, 0.1) is 12.6 Å². The third-order valence-electron chi connectivity index (χ3n) is 3.70. The monoisotopic (exact) mass is 156 g/mol. The van der Waals surface area contributed by atoms with Gasteiger partial charge in [0.25, 0.3) is 0 Å². The van der Waals surface area contributed by atoms with E-state index in [4.69, 9.17) is 5.11 Å². The Balaban J connectivity index is 2.02. The molecule has 0 aromatic carbocycles. The van der Waals surface area contributed by atoms with Gasteiger partial charge in [-0.1, -0.05) is 0 Å². The third kappa shape index (κ3) is 1.00. The van der Waals surface area contributed by atoms with Gasteiger partial charge in [0.2, 0.25) is 0 Å². The number of rotatable bonds is 2. The first-order chi connectivity index (χ1) is 5.29. The number of aliphatic hydroxyl groups excluding tert-OH is 1. The molecule has 2 rings (SSSR count). The van der Waals surface area contributed by atoms with Crippen LogP contribution in [0.2, 0.25) is 0 Å². The van der Waals surface area contributed by atoms with Gasteiger partial charge in [0.15, 0.2) is 0 Å². The highest BCUT2D eigenvalue weighted by atomic mass is 16.3. The number of hydrogen-bond donors (Lipinski definition) is 1. The minimum absolute atomic E-state index is 0.376. The third-order valence-corrected chi connectivity index (χ3v) is 3.70. The molecule has 0 aliphatic carbocycles. The standard InChI is InChI=1S/C9H18NO/c1-8-3-2-4-9-7-10(8,9)5-6-11/h8-9,11H,2-7H2,1H3/q+1. The van der Waals surface area contributed by atoms with Crippen LogP contribution in [0.15, 0.2) is 0 Å². The summed E-state index contributed by atoms with van der Waals surface area (Å²) in [6.07, 6.45) is 4.19. The molecule has 2 aliphatic rings. The molecule has 2 saturated heterocycles. The lowest BCUT2D eigenvalue weighted by molar-refractivity contribution is -0.844. The molecule has 0 radical (unpaired) electrons. The zero-order chi connectivity index (χ0) is 7.90. The van der Waals surface area contributed by atoms with E-state index in [0.29, 0.717) is 6.61 Å². The Morgan fingerprint density at radius 3 is 2.91 bits per heavy atom. The fourth-order valence-electron chi connectivity index (χ4n) is 2.82. The zero-order valence-electron chi connectivity index (χ0n) is 7.29. The summed E-state index contributed by atoms with van der Waals surface area (Å²) in [4.78, 5) is 0. The van der Waals surface area contributed by atoms with E-state index in [-0.39, 0.29) is 0 Å². The van der Waals surface area contributed by atoms with Crippen molar-refractivity contribution in [3.63, 3.8) is 0 Å². The van der Waals surface area contributed by atoms with Gasteiger partial charge in [-0.3, -0.25) is 0 Å². The van der Waals surface area contributed by atoms with Crippen LogP contribution in [0, 0.1) is 0 Å². The van der Waals surface area contributed by atoms with E-state index in [1.165, 1.54) is 30.3 Å². The quantitative estimate of drug-likeness (QED) is 0.462. The largest absolute Gasteiger partial charge is 0.391 e. The van der Waals surface area contributed by atoms with Gasteiger partial charge in [-0.2, -0.15) is 0 Å². The normalized spacial score (nSPS) is 48.5. The van der Waals surface area contributed by atoms with Crippen LogP contribution < -0.4 is 0 Å². The average molecular weight is 156 g/mol. The second kappa shape index (κ2) is 2.46. The number of hydrogen-bond acceptors (Lipinski definition) is 1. The lowest BCUT2D eigenvalue weighted by Crippen LogP contribution is -2.42. The second-order valence-electron chi connectivity index (χ2n) is 4.17. The Morgan fingerprint density at radius 1 is 1.45 bits per heavy atom. The lowest BCUT2D eigenvalue weighted by Gasteiger charge is -2.30. The Morgan fingerprint density at radius 2 is 2.27 bits per heavy atom. The zero-order valence-corrected chi connectivity index (χ0v) is 7.29. The van der Waals surface area contributed by atoms with Gasteiger partial charge in [-0.15, -0.1) is 0 Å². The van der Waals surface area contributed by atoms with Crippen molar-refractivity contribution in [2.24, 2.45) is 0 Å². The fraction of sp³-hybridized carbons (Fsp3) is 1.00. The first kappa shape index (κ1) is 7.56. The molecule has 64 valence electrons. The predicted molar refractivity (Wildman–Crippen MR) is 44.2 cm³/mol. The molecule has 0 saturated carbocycles. The molecular weight excluding hydrogens is 138 g/mol. The summed E-state index contributed by atoms with van der Waals surface area (Å²) >= 11 is 0. The molecule has 2 heteroatoms. The van der Waals surface area contributed by atoms with Crippen LogP contribution in [0.3, 0.4) is 0 Å². The summed E-state index contributed by atoms with van der Waals surface area (Å²) in [5, 5.41) is 8.91. The van der Waals surface area contributed by atoms with Crippen LogP contribution in [0.25, 0.3) is 0 Å². The Kier molecular flexibility index (Phi) is 1.69.